The molecule has 1 aliphatic rings. The highest BCUT2D eigenvalue weighted by atomic mass is 32.1. The van der Waals surface area contributed by atoms with Crippen LogP contribution in [0.25, 0.3) is 22.0 Å². The summed E-state index contributed by atoms with van der Waals surface area (Å²) < 4.78 is 2.38. The van der Waals surface area contributed by atoms with Crippen molar-refractivity contribution in [2.24, 2.45) is 5.92 Å². The zero-order valence-electron chi connectivity index (χ0n) is 17.2. The molecule has 0 spiro atoms. The zero-order chi connectivity index (χ0) is 20.5. The maximum Gasteiger partial charge on any atom is 0.0565 e. The molecule has 29 heavy (non-hydrogen) atoms. The molecule has 1 unspecified atom stereocenters. The number of thiol groups is 1. The Bertz CT molecular complexity index is 971. The topological polar surface area (TPSA) is 45.6 Å². The standard InChI is InChI=1S/C16H18N4.C6H6S.C2H6/c1-2-16-14(7-13(1)15-9-18-19-10-15)4-6-20(16)11-12-3-5-17-8-12;7-6-4-2-1-3-5-6;1-2/h1-2,4,6-7,9-10,12,17H,3,5,8,11H2,(H,18,19);1-5,7H;1-2H3. The summed E-state index contributed by atoms with van der Waals surface area (Å²) >= 11 is 4.08. The Labute approximate surface area is 178 Å². The van der Waals surface area contributed by atoms with Gasteiger partial charge in [-0.3, -0.25) is 5.10 Å². The van der Waals surface area contributed by atoms with Crippen molar-refractivity contribution in [1.82, 2.24) is 20.1 Å². The van der Waals surface area contributed by atoms with E-state index in [0.717, 1.165) is 36.0 Å². The Hall–Kier alpha value is -2.50. The molecule has 4 nitrogen and oxygen atoms in total. The third-order valence-corrected chi connectivity index (χ3v) is 5.27. The summed E-state index contributed by atoms with van der Waals surface area (Å²) in [7, 11) is 0. The second-order valence-electron chi connectivity index (χ2n) is 6.92. The quantitative estimate of drug-likeness (QED) is 0.385. The predicted octanol–water partition coefficient (Wildman–Crippen LogP) is 5.64. The molecule has 2 aromatic carbocycles. The van der Waals surface area contributed by atoms with E-state index in [1.54, 1.807) is 0 Å². The van der Waals surface area contributed by atoms with Crippen molar-refractivity contribution in [2.45, 2.75) is 31.7 Å². The third kappa shape index (κ3) is 5.75. The summed E-state index contributed by atoms with van der Waals surface area (Å²) in [5.74, 6) is 0.763. The largest absolute Gasteiger partial charge is 0.347 e. The number of nitrogens with zero attached hydrogens (tertiary/aromatic N) is 2. The van der Waals surface area contributed by atoms with E-state index in [2.05, 4.69) is 63.2 Å². The molecule has 0 radical (unpaired) electrons. The van der Waals surface area contributed by atoms with Crippen LogP contribution in [0.15, 0.2) is 78.1 Å². The summed E-state index contributed by atoms with van der Waals surface area (Å²) in [5.41, 5.74) is 3.68. The van der Waals surface area contributed by atoms with Gasteiger partial charge in [-0.05, 0) is 61.3 Å². The summed E-state index contributed by atoms with van der Waals surface area (Å²) in [6.45, 7) is 7.42. The molecule has 1 saturated heterocycles. The second kappa shape index (κ2) is 10.9. The number of hydrogen-bond donors (Lipinski definition) is 3. The average Bonchev–Trinajstić information content (AvgIpc) is 3.54. The van der Waals surface area contributed by atoms with Gasteiger partial charge in [0.1, 0.15) is 0 Å². The van der Waals surface area contributed by atoms with Crippen LogP contribution in [0.1, 0.15) is 20.3 Å². The molecule has 2 aromatic heterocycles. The zero-order valence-corrected chi connectivity index (χ0v) is 18.1. The highest BCUT2D eigenvalue weighted by Crippen LogP contribution is 2.25. The molecule has 0 saturated carbocycles. The first-order chi connectivity index (χ1) is 14.3. The summed E-state index contributed by atoms with van der Waals surface area (Å²) in [4.78, 5) is 1.02. The van der Waals surface area contributed by atoms with E-state index in [1.165, 1.54) is 22.9 Å². The number of aromatic amines is 1. The van der Waals surface area contributed by atoms with Gasteiger partial charge in [-0.1, -0.05) is 38.1 Å². The Morgan fingerprint density at radius 1 is 1.07 bits per heavy atom. The number of aromatic nitrogens is 3. The molecule has 3 heterocycles. The van der Waals surface area contributed by atoms with Gasteiger partial charge in [0.15, 0.2) is 0 Å². The van der Waals surface area contributed by atoms with Gasteiger partial charge in [-0.25, -0.2) is 0 Å². The summed E-state index contributed by atoms with van der Waals surface area (Å²) in [6.07, 6.45) is 7.29. The normalized spacial score (nSPS) is 15.3. The van der Waals surface area contributed by atoms with Crippen molar-refractivity contribution in [1.29, 1.82) is 0 Å². The Kier molecular flexibility index (Phi) is 7.96. The van der Waals surface area contributed by atoms with Crippen LogP contribution in [-0.4, -0.2) is 27.9 Å². The minimum atomic E-state index is 0.763. The summed E-state index contributed by atoms with van der Waals surface area (Å²) in [6, 6.07) is 18.6. The van der Waals surface area contributed by atoms with Crippen LogP contribution in [0, 0.1) is 5.92 Å². The number of nitrogens with one attached hydrogen (secondary N) is 2. The van der Waals surface area contributed by atoms with E-state index in [9.17, 15) is 0 Å². The molecule has 2 N–H and O–H groups in total. The van der Waals surface area contributed by atoms with Gasteiger partial charge in [0.05, 0.1) is 6.20 Å². The Morgan fingerprint density at radius 3 is 2.52 bits per heavy atom. The smallest absolute Gasteiger partial charge is 0.0565 e. The maximum atomic E-state index is 4.08. The van der Waals surface area contributed by atoms with Crippen molar-refractivity contribution < 1.29 is 0 Å². The fraction of sp³-hybridized carbons (Fsp3) is 0.292. The van der Waals surface area contributed by atoms with E-state index in [1.807, 2.05) is 56.6 Å². The van der Waals surface area contributed by atoms with Crippen LogP contribution in [0.2, 0.25) is 0 Å². The number of H-pyrrole nitrogens is 1. The molecule has 0 bridgehead atoms. The lowest BCUT2D eigenvalue weighted by Crippen LogP contribution is -2.13. The second-order valence-corrected chi connectivity index (χ2v) is 7.44. The molecule has 0 amide bonds. The maximum absolute atomic E-state index is 4.08. The lowest BCUT2D eigenvalue weighted by atomic mass is 10.1. The molecule has 5 heteroatoms. The molecule has 0 aliphatic carbocycles. The molecular formula is C24H30N4S. The van der Waals surface area contributed by atoms with Crippen LogP contribution in [0.4, 0.5) is 0 Å². The molecule has 1 fully saturated rings. The highest BCUT2D eigenvalue weighted by Gasteiger charge is 2.15. The van der Waals surface area contributed by atoms with E-state index in [0.29, 0.717) is 0 Å². The van der Waals surface area contributed by atoms with Crippen molar-refractivity contribution in [3.05, 3.63) is 73.2 Å². The van der Waals surface area contributed by atoms with Crippen molar-refractivity contribution in [3.8, 4) is 11.1 Å². The van der Waals surface area contributed by atoms with Gasteiger partial charge in [0.2, 0.25) is 0 Å². The van der Waals surface area contributed by atoms with Gasteiger partial charge < -0.3 is 9.88 Å². The van der Waals surface area contributed by atoms with Crippen molar-refractivity contribution in [2.75, 3.05) is 13.1 Å². The fourth-order valence-corrected chi connectivity index (χ4v) is 3.70. The first-order valence-electron chi connectivity index (χ1n) is 10.3. The third-order valence-electron chi connectivity index (χ3n) is 4.98. The van der Waals surface area contributed by atoms with Crippen LogP contribution in [0.5, 0.6) is 0 Å². The minimum Gasteiger partial charge on any atom is -0.347 e. The van der Waals surface area contributed by atoms with Gasteiger partial charge in [-0.2, -0.15) is 5.10 Å². The van der Waals surface area contributed by atoms with E-state index < -0.39 is 0 Å². The van der Waals surface area contributed by atoms with Crippen molar-refractivity contribution in [3.63, 3.8) is 0 Å². The van der Waals surface area contributed by atoms with E-state index >= 15 is 0 Å². The first-order valence-corrected chi connectivity index (χ1v) is 10.8. The van der Waals surface area contributed by atoms with Crippen LogP contribution >= 0.6 is 12.6 Å². The van der Waals surface area contributed by atoms with Gasteiger partial charge in [0, 0.05) is 40.3 Å². The number of rotatable bonds is 3. The van der Waals surface area contributed by atoms with E-state index in [4.69, 9.17) is 0 Å². The first kappa shape index (κ1) is 21.2. The van der Waals surface area contributed by atoms with Crippen molar-refractivity contribution >= 4 is 23.5 Å². The van der Waals surface area contributed by atoms with E-state index in [-0.39, 0.29) is 0 Å². The minimum absolute atomic E-state index is 0.763. The molecule has 152 valence electrons. The monoisotopic (exact) mass is 406 g/mol. The fourth-order valence-electron chi connectivity index (χ4n) is 3.52. The lowest BCUT2D eigenvalue weighted by molar-refractivity contribution is 0.491. The number of benzene rings is 2. The van der Waals surface area contributed by atoms with Gasteiger partial charge >= 0.3 is 0 Å². The van der Waals surface area contributed by atoms with Crippen LogP contribution < -0.4 is 5.32 Å². The number of fused-ring (bicyclic) bond motifs is 1. The van der Waals surface area contributed by atoms with Crippen LogP contribution in [0.3, 0.4) is 0 Å². The van der Waals surface area contributed by atoms with Gasteiger partial charge in [-0.15, -0.1) is 12.6 Å². The Morgan fingerprint density at radius 2 is 1.90 bits per heavy atom. The highest BCUT2D eigenvalue weighted by molar-refractivity contribution is 7.80. The molecule has 4 aromatic rings. The van der Waals surface area contributed by atoms with Gasteiger partial charge in [0.25, 0.3) is 0 Å². The molecule has 1 aliphatic heterocycles. The van der Waals surface area contributed by atoms with Crippen LogP contribution in [-0.2, 0) is 6.54 Å². The molecular weight excluding hydrogens is 376 g/mol. The molecule has 5 rings (SSSR count). The summed E-state index contributed by atoms with van der Waals surface area (Å²) in [5, 5.41) is 11.6. The lowest BCUT2D eigenvalue weighted by Gasteiger charge is -2.11. The predicted molar refractivity (Wildman–Crippen MR) is 126 cm³/mol. The SMILES string of the molecule is CC.Sc1ccccc1.c1cc2c(ccn2CC2CCNC2)cc1-c1cn[nH]c1. The Balaban J connectivity index is 0.000000226. The number of hydrogen-bond acceptors (Lipinski definition) is 3. The average molecular weight is 407 g/mol. The molecule has 1 atom stereocenters.